The maximum Gasteiger partial charge on any atom is 0.233 e. The van der Waals surface area contributed by atoms with Crippen molar-refractivity contribution in [1.29, 1.82) is 0 Å². The van der Waals surface area contributed by atoms with Crippen LogP contribution in [0, 0.1) is 23.7 Å². The first kappa shape index (κ1) is 10.6. The van der Waals surface area contributed by atoms with Gasteiger partial charge in [0.25, 0.3) is 0 Å². The molecule has 0 aromatic heterocycles. The number of carbonyl (C=O) groups is 2. The fourth-order valence-corrected chi connectivity index (χ4v) is 3.72. The van der Waals surface area contributed by atoms with Crippen LogP contribution in [-0.4, -0.2) is 29.2 Å². The van der Waals surface area contributed by atoms with Crippen LogP contribution in [0.2, 0.25) is 0 Å². The minimum atomic E-state index is 0. The zero-order chi connectivity index (χ0) is 9.87. The molecule has 0 spiro atoms. The smallest absolute Gasteiger partial charge is 0.233 e. The Labute approximate surface area is 88.9 Å². The first-order chi connectivity index (χ1) is 6.70. The molecule has 0 radical (unpaired) electrons. The van der Waals surface area contributed by atoms with Crippen molar-refractivity contribution in [1.82, 2.24) is 4.90 Å². The van der Waals surface area contributed by atoms with Gasteiger partial charge in [-0.3, -0.25) is 14.5 Å². The molecule has 1 aliphatic heterocycles. The topological polar surface area (TPSA) is 68.9 Å². The van der Waals surface area contributed by atoms with Crippen LogP contribution in [0.3, 0.4) is 0 Å². The minimum absolute atomic E-state index is 0. The lowest BCUT2D eigenvalue weighted by atomic mass is 9.59. The Kier molecular flexibility index (Phi) is 2.34. The van der Waals surface area contributed by atoms with Crippen molar-refractivity contribution in [2.24, 2.45) is 23.7 Å². The van der Waals surface area contributed by atoms with Gasteiger partial charge in [0.1, 0.15) is 0 Å². The van der Waals surface area contributed by atoms with Gasteiger partial charge in [0.05, 0.1) is 11.8 Å². The summed E-state index contributed by atoms with van der Waals surface area (Å²) in [4.78, 5) is 25.1. The number of hydrogen-bond acceptors (Lipinski definition) is 2. The largest absolute Gasteiger partial charge is 0.412 e. The summed E-state index contributed by atoms with van der Waals surface area (Å²) in [5.74, 6) is 1.31. The Hall–Kier alpha value is -0.900. The fourth-order valence-electron chi connectivity index (χ4n) is 3.72. The van der Waals surface area contributed by atoms with Crippen LogP contribution in [0.5, 0.6) is 0 Å². The van der Waals surface area contributed by atoms with E-state index in [1.807, 2.05) is 0 Å². The summed E-state index contributed by atoms with van der Waals surface area (Å²) in [6.07, 6.45) is 4.66. The van der Waals surface area contributed by atoms with Crippen LogP contribution in [0.25, 0.3) is 0 Å². The highest BCUT2D eigenvalue weighted by atomic mass is 16.2. The third-order valence-electron chi connectivity index (χ3n) is 4.45. The maximum absolute atomic E-state index is 11.8. The van der Waals surface area contributed by atoms with Gasteiger partial charge in [0, 0.05) is 7.05 Å². The van der Waals surface area contributed by atoms with Gasteiger partial charge in [-0.1, -0.05) is 0 Å². The molecule has 2 atom stereocenters. The number of hydrogen-bond donors (Lipinski definition) is 0. The summed E-state index contributed by atoms with van der Waals surface area (Å²) >= 11 is 0. The van der Waals surface area contributed by atoms with E-state index in [1.165, 1.54) is 30.6 Å². The van der Waals surface area contributed by atoms with E-state index >= 15 is 0 Å². The minimum Gasteiger partial charge on any atom is -0.412 e. The molecule has 4 fully saturated rings. The van der Waals surface area contributed by atoms with Crippen molar-refractivity contribution in [3.8, 4) is 0 Å². The molecule has 0 unspecified atom stereocenters. The highest BCUT2D eigenvalue weighted by Gasteiger charge is 2.56. The first-order valence-electron chi connectivity index (χ1n) is 5.51. The lowest BCUT2D eigenvalue weighted by Crippen LogP contribution is -2.41. The summed E-state index contributed by atoms with van der Waals surface area (Å²) in [6, 6.07) is 0. The molecule has 3 aliphatic carbocycles. The van der Waals surface area contributed by atoms with Gasteiger partial charge in [-0.15, -0.1) is 0 Å². The third-order valence-corrected chi connectivity index (χ3v) is 4.45. The number of amides is 2. The molecule has 2 amide bonds. The summed E-state index contributed by atoms with van der Waals surface area (Å²) in [6.45, 7) is 0. The van der Waals surface area contributed by atoms with Crippen LogP contribution >= 0.6 is 0 Å². The second-order valence-electron chi connectivity index (χ2n) is 4.96. The van der Waals surface area contributed by atoms with Gasteiger partial charge >= 0.3 is 0 Å². The molecule has 1 saturated heterocycles. The Morgan fingerprint density at radius 3 is 1.60 bits per heavy atom. The molecule has 15 heavy (non-hydrogen) atoms. The third kappa shape index (κ3) is 1.17. The van der Waals surface area contributed by atoms with E-state index in [0.29, 0.717) is 11.8 Å². The first-order valence-corrected chi connectivity index (χ1v) is 5.51. The molecular formula is C11H17NO3. The highest BCUT2D eigenvalue weighted by molar-refractivity contribution is 6.05. The van der Waals surface area contributed by atoms with Crippen molar-refractivity contribution in [3.05, 3.63) is 0 Å². The van der Waals surface area contributed by atoms with Gasteiger partial charge in [-0.2, -0.15) is 0 Å². The molecular weight excluding hydrogens is 194 g/mol. The Balaban J connectivity index is 0.000000853. The Morgan fingerprint density at radius 1 is 0.933 bits per heavy atom. The lowest BCUT2D eigenvalue weighted by molar-refractivity contribution is -0.138. The Bertz CT molecular complexity index is 277. The van der Waals surface area contributed by atoms with Gasteiger partial charge in [0.15, 0.2) is 0 Å². The fraction of sp³-hybridized carbons (Fsp3) is 0.818. The van der Waals surface area contributed by atoms with Crippen LogP contribution < -0.4 is 0 Å². The molecule has 4 rings (SSSR count). The molecule has 3 saturated carbocycles. The molecule has 84 valence electrons. The van der Waals surface area contributed by atoms with Gasteiger partial charge in [0.2, 0.25) is 11.8 Å². The van der Waals surface area contributed by atoms with E-state index in [-0.39, 0.29) is 29.1 Å². The van der Waals surface area contributed by atoms with E-state index in [2.05, 4.69) is 0 Å². The summed E-state index contributed by atoms with van der Waals surface area (Å²) < 4.78 is 0. The lowest BCUT2D eigenvalue weighted by Gasteiger charge is -2.42. The van der Waals surface area contributed by atoms with Crippen LogP contribution in [0.15, 0.2) is 0 Å². The standard InChI is InChI=1S/C11H15NO2.H2O/c1-12-10(13)8-6-2-3-7(5-4-6)9(8)11(12)14;/h6-9H,2-5H2,1H3;1H2/t6?,7?,8-,9+;. The number of carbonyl (C=O) groups excluding carboxylic acids is 2. The summed E-state index contributed by atoms with van der Waals surface area (Å²) in [5.41, 5.74) is 0. The molecule has 4 nitrogen and oxygen atoms in total. The molecule has 1 heterocycles. The molecule has 4 aliphatic rings. The van der Waals surface area contributed by atoms with Crippen molar-refractivity contribution in [2.75, 3.05) is 7.05 Å². The molecule has 4 heteroatoms. The van der Waals surface area contributed by atoms with Crippen molar-refractivity contribution in [3.63, 3.8) is 0 Å². The number of likely N-dealkylation sites (tertiary alicyclic amines) is 1. The monoisotopic (exact) mass is 211 g/mol. The molecule has 2 bridgehead atoms. The van der Waals surface area contributed by atoms with Crippen molar-refractivity contribution >= 4 is 11.8 Å². The average molecular weight is 211 g/mol. The predicted octanol–water partition coefficient (Wildman–Crippen LogP) is 0.213. The highest BCUT2D eigenvalue weighted by Crippen LogP contribution is 2.52. The van der Waals surface area contributed by atoms with Crippen LogP contribution in [-0.2, 0) is 9.59 Å². The SMILES string of the molecule is CN1C(=O)[C@@H]2C3CCC(CC3)[C@@H]2C1=O.O. The van der Waals surface area contributed by atoms with E-state index < -0.39 is 0 Å². The second-order valence-corrected chi connectivity index (χ2v) is 4.96. The van der Waals surface area contributed by atoms with E-state index in [0.717, 1.165) is 0 Å². The number of imide groups is 1. The number of nitrogens with zero attached hydrogens (tertiary/aromatic N) is 1. The summed E-state index contributed by atoms with van der Waals surface area (Å²) in [5, 5.41) is 0. The Morgan fingerprint density at radius 2 is 1.27 bits per heavy atom. The molecule has 0 aromatic carbocycles. The maximum atomic E-state index is 11.8. The zero-order valence-electron chi connectivity index (χ0n) is 8.90. The van der Waals surface area contributed by atoms with Gasteiger partial charge in [-0.05, 0) is 37.5 Å². The number of rotatable bonds is 0. The van der Waals surface area contributed by atoms with Crippen molar-refractivity contribution < 1.29 is 15.1 Å². The average Bonchev–Trinajstić information content (AvgIpc) is 2.47. The van der Waals surface area contributed by atoms with E-state index in [1.54, 1.807) is 7.05 Å². The molecule has 0 aromatic rings. The zero-order valence-corrected chi connectivity index (χ0v) is 8.90. The number of fused-ring (bicyclic) bond motifs is 2. The van der Waals surface area contributed by atoms with Gasteiger partial charge < -0.3 is 5.48 Å². The van der Waals surface area contributed by atoms with Gasteiger partial charge in [-0.25, -0.2) is 0 Å². The van der Waals surface area contributed by atoms with E-state index in [9.17, 15) is 9.59 Å². The van der Waals surface area contributed by atoms with E-state index in [4.69, 9.17) is 0 Å². The quantitative estimate of drug-likeness (QED) is 0.537. The summed E-state index contributed by atoms with van der Waals surface area (Å²) in [7, 11) is 1.64. The normalized spacial score (nSPS) is 42.9. The second kappa shape index (κ2) is 3.30. The molecule has 2 N–H and O–H groups in total. The predicted molar refractivity (Wildman–Crippen MR) is 53.8 cm³/mol. The van der Waals surface area contributed by atoms with Crippen molar-refractivity contribution in [2.45, 2.75) is 25.7 Å². The van der Waals surface area contributed by atoms with Crippen LogP contribution in [0.1, 0.15) is 25.7 Å². The van der Waals surface area contributed by atoms with Crippen LogP contribution in [0.4, 0.5) is 0 Å².